The Labute approximate surface area is 153 Å². The molecule has 3 N–H and O–H groups in total. The molecule has 0 unspecified atom stereocenters. The number of halogens is 1. The number of carbonyl (C=O) groups excluding carboxylic acids is 2. The lowest BCUT2D eigenvalue weighted by molar-refractivity contribution is -0.117. The van der Waals surface area contributed by atoms with Crippen molar-refractivity contribution < 1.29 is 18.7 Å². The van der Waals surface area contributed by atoms with E-state index >= 15 is 0 Å². The minimum Gasteiger partial charge on any atom is -0.447 e. The second-order valence-corrected chi connectivity index (χ2v) is 6.78. The van der Waals surface area contributed by atoms with E-state index in [4.69, 9.17) is 15.7 Å². The molecule has 138 valence electrons. The Morgan fingerprint density at radius 2 is 2.30 bits per heavy atom. The van der Waals surface area contributed by atoms with Gasteiger partial charge in [0.1, 0.15) is 12.4 Å². The maximum absolute atomic E-state index is 14.7. The molecular weight excluding hydrogens is 353 g/mol. The van der Waals surface area contributed by atoms with E-state index < -0.39 is 11.9 Å². The SMILES string of the molecule is C[C@H]1COC(=O)N1c1cc2cc(NC(=O)[C@@H]3C[C@H]3C#N)ncc2c(N)c1F. The summed E-state index contributed by atoms with van der Waals surface area (Å²) in [5.74, 6) is -1.32. The fraction of sp³-hybridized carbons (Fsp3) is 0.333. The molecule has 0 bridgehead atoms. The summed E-state index contributed by atoms with van der Waals surface area (Å²) in [6.07, 6.45) is 1.26. The van der Waals surface area contributed by atoms with E-state index in [-0.39, 0.29) is 47.6 Å². The summed E-state index contributed by atoms with van der Waals surface area (Å²) in [5, 5.41) is 12.4. The molecule has 2 aromatic rings. The third-order valence-corrected chi connectivity index (χ3v) is 4.87. The van der Waals surface area contributed by atoms with E-state index in [1.807, 2.05) is 0 Å². The van der Waals surface area contributed by atoms with Gasteiger partial charge < -0.3 is 15.8 Å². The number of cyclic esters (lactones) is 1. The number of aromatic nitrogens is 1. The number of fused-ring (bicyclic) bond motifs is 1. The van der Waals surface area contributed by atoms with Gasteiger partial charge in [0, 0.05) is 11.6 Å². The number of hydrogen-bond donors (Lipinski definition) is 2. The number of hydrogen-bond acceptors (Lipinski definition) is 6. The molecule has 27 heavy (non-hydrogen) atoms. The first-order valence-electron chi connectivity index (χ1n) is 8.45. The van der Waals surface area contributed by atoms with Gasteiger partial charge in [-0.3, -0.25) is 9.69 Å². The summed E-state index contributed by atoms with van der Waals surface area (Å²) < 4.78 is 19.7. The standard InChI is InChI=1S/C18H16FN5O3/c1-8-7-27-18(26)24(8)13-3-9-4-14(22-6-12(9)16(21)15(13)19)23-17(25)11-2-10(11)5-20/h3-4,6,8,10-11H,2,7,21H2,1H3,(H,22,23,25)/t8-,10-,11+/m0/s1. The molecule has 9 heteroatoms. The summed E-state index contributed by atoms with van der Waals surface area (Å²) in [5.41, 5.74) is 5.79. The van der Waals surface area contributed by atoms with Gasteiger partial charge in [0.15, 0.2) is 5.82 Å². The number of ether oxygens (including phenoxy) is 1. The minimum absolute atomic E-state index is 0.0187. The van der Waals surface area contributed by atoms with Crippen LogP contribution in [0.15, 0.2) is 18.3 Å². The number of amides is 2. The van der Waals surface area contributed by atoms with Crippen LogP contribution in [0.4, 0.5) is 26.4 Å². The van der Waals surface area contributed by atoms with Crippen LogP contribution in [0.25, 0.3) is 10.8 Å². The number of nitriles is 1. The molecule has 1 aliphatic carbocycles. The molecule has 1 aliphatic heterocycles. The van der Waals surface area contributed by atoms with E-state index in [0.29, 0.717) is 17.2 Å². The van der Waals surface area contributed by atoms with Crippen molar-refractivity contribution in [2.45, 2.75) is 19.4 Å². The first-order valence-corrected chi connectivity index (χ1v) is 8.45. The van der Waals surface area contributed by atoms with Crippen molar-refractivity contribution in [1.82, 2.24) is 4.98 Å². The van der Waals surface area contributed by atoms with Crippen LogP contribution in [0, 0.1) is 29.0 Å². The highest BCUT2D eigenvalue weighted by Crippen LogP contribution is 2.39. The molecule has 1 saturated carbocycles. The monoisotopic (exact) mass is 369 g/mol. The quantitative estimate of drug-likeness (QED) is 0.801. The summed E-state index contributed by atoms with van der Waals surface area (Å²) in [7, 11) is 0. The van der Waals surface area contributed by atoms with Crippen LogP contribution < -0.4 is 16.0 Å². The van der Waals surface area contributed by atoms with Crippen LogP contribution in [0.3, 0.4) is 0 Å². The van der Waals surface area contributed by atoms with Gasteiger partial charge in [0.25, 0.3) is 0 Å². The topological polar surface area (TPSA) is 121 Å². The zero-order chi connectivity index (χ0) is 19.3. The zero-order valence-electron chi connectivity index (χ0n) is 14.4. The molecule has 1 aromatic carbocycles. The van der Waals surface area contributed by atoms with Crippen LogP contribution in [0.2, 0.25) is 0 Å². The maximum Gasteiger partial charge on any atom is 0.414 e. The van der Waals surface area contributed by atoms with Crippen molar-refractivity contribution in [3.63, 3.8) is 0 Å². The Morgan fingerprint density at radius 1 is 1.52 bits per heavy atom. The second kappa shape index (κ2) is 6.09. The van der Waals surface area contributed by atoms with E-state index in [2.05, 4.69) is 16.4 Å². The number of carbonyl (C=O) groups is 2. The average Bonchev–Trinajstić information content (AvgIpc) is 3.37. The van der Waals surface area contributed by atoms with Gasteiger partial charge in [0.05, 0.1) is 35.3 Å². The largest absolute Gasteiger partial charge is 0.447 e. The molecule has 4 rings (SSSR count). The predicted molar refractivity (Wildman–Crippen MR) is 95.2 cm³/mol. The number of nitrogens with one attached hydrogen (secondary N) is 1. The highest BCUT2D eigenvalue weighted by Gasteiger charge is 2.43. The normalized spacial score (nSPS) is 23.8. The molecule has 2 heterocycles. The third kappa shape index (κ3) is 2.79. The van der Waals surface area contributed by atoms with Gasteiger partial charge in [-0.25, -0.2) is 14.2 Å². The summed E-state index contributed by atoms with van der Waals surface area (Å²) >= 11 is 0. The Bertz CT molecular complexity index is 1020. The van der Waals surface area contributed by atoms with Crippen LogP contribution in [0.1, 0.15) is 13.3 Å². The van der Waals surface area contributed by atoms with Crippen molar-refractivity contribution in [2.75, 3.05) is 22.6 Å². The molecule has 8 nitrogen and oxygen atoms in total. The van der Waals surface area contributed by atoms with Gasteiger partial charge in [-0.05, 0) is 30.9 Å². The number of rotatable bonds is 3. The van der Waals surface area contributed by atoms with Gasteiger partial charge in [-0.15, -0.1) is 0 Å². The Hall–Kier alpha value is -3.41. The Kier molecular flexibility index (Phi) is 3.84. The van der Waals surface area contributed by atoms with Crippen LogP contribution in [-0.2, 0) is 9.53 Å². The van der Waals surface area contributed by atoms with Crippen molar-refractivity contribution in [1.29, 1.82) is 5.26 Å². The fourth-order valence-corrected chi connectivity index (χ4v) is 3.22. The highest BCUT2D eigenvalue weighted by atomic mass is 19.1. The van der Waals surface area contributed by atoms with Crippen molar-refractivity contribution in [3.8, 4) is 6.07 Å². The molecule has 0 spiro atoms. The first kappa shape index (κ1) is 17.0. The lowest BCUT2D eigenvalue weighted by atomic mass is 10.1. The molecule has 3 atom stereocenters. The fourth-order valence-electron chi connectivity index (χ4n) is 3.22. The Morgan fingerprint density at radius 3 is 2.93 bits per heavy atom. The maximum atomic E-state index is 14.7. The third-order valence-electron chi connectivity index (χ3n) is 4.87. The number of anilines is 3. The van der Waals surface area contributed by atoms with E-state index in [0.717, 1.165) is 0 Å². The number of nitrogen functional groups attached to an aromatic ring is 1. The smallest absolute Gasteiger partial charge is 0.414 e. The second-order valence-electron chi connectivity index (χ2n) is 6.78. The lowest BCUT2D eigenvalue weighted by Crippen LogP contribution is -2.31. The number of nitrogens with zero attached hydrogens (tertiary/aromatic N) is 3. The predicted octanol–water partition coefficient (Wildman–Crippen LogP) is 2.40. The van der Waals surface area contributed by atoms with Crippen LogP contribution in [0.5, 0.6) is 0 Å². The number of benzene rings is 1. The number of pyridine rings is 1. The molecular formula is C18H16FN5O3. The summed E-state index contributed by atoms with van der Waals surface area (Å²) in [4.78, 5) is 29.4. The molecule has 1 saturated heterocycles. The summed E-state index contributed by atoms with van der Waals surface area (Å²) in [6, 6.07) is 4.77. The molecule has 2 aliphatic rings. The highest BCUT2D eigenvalue weighted by molar-refractivity contribution is 6.02. The zero-order valence-corrected chi connectivity index (χ0v) is 14.4. The van der Waals surface area contributed by atoms with Crippen molar-refractivity contribution in [3.05, 3.63) is 24.1 Å². The molecule has 2 fully saturated rings. The van der Waals surface area contributed by atoms with Crippen LogP contribution in [-0.4, -0.2) is 29.6 Å². The Balaban J connectivity index is 1.70. The summed E-state index contributed by atoms with van der Waals surface area (Å²) in [6.45, 7) is 1.90. The first-order chi connectivity index (χ1) is 12.9. The van der Waals surface area contributed by atoms with Crippen LogP contribution >= 0.6 is 0 Å². The van der Waals surface area contributed by atoms with Crippen molar-refractivity contribution >= 4 is 40.0 Å². The van der Waals surface area contributed by atoms with Gasteiger partial charge >= 0.3 is 6.09 Å². The van der Waals surface area contributed by atoms with Gasteiger partial charge in [0.2, 0.25) is 5.91 Å². The minimum atomic E-state index is -0.721. The molecule has 0 radical (unpaired) electrons. The van der Waals surface area contributed by atoms with E-state index in [1.54, 1.807) is 13.0 Å². The number of nitrogens with two attached hydrogens (primary N) is 1. The average molecular weight is 369 g/mol. The lowest BCUT2D eigenvalue weighted by Gasteiger charge is -2.20. The van der Waals surface area contributed by atoms with E-state index in [1.165, 1.54) is 17.2 Å². The molecule has 2 amide bonds. The van der Waals surface area contributed by atoms with Crippen molar-refractivity contribution in [2.24, 2.45) is 11.8 Å². The van der Waals surface area contributed by atoms with E-state index in [9.17, 15) is 14.0 Å². The van der Waals surface area contributed by atoms with Gasteiger partial charge in [-0.1, -0.05) is 0 Å². The molecule has 1 aromatic heterocycles. The van der Waals surface area contributed by atoms with Gasteiger partial charge in [-0.2, -0.15) is 5.26 Å².